The minimum absolute atomic E-state index is 0.132. The van der Waals surface area contributed by atoms with Crippen molar-refractivity contribution in [2.45, 2.75) is 38.9 Å². The summed E-state index contributed by atoms with van der Waals surface area (Å²) in [4.78, 5) is 56.1. The largest absolute Gasteiger partial charge is 0.457 e. The quantitative estimate of drug-likeness (QED) is 0.0823. The van der Waals surface area contributed by atoms with Gasteiger partial charge in [-0.1, -0.05) is 85.1 Å². The standard InChI is InChI=1S/C37H28N4O7S7/c1-3-40-31(42)29(54-35(40)49)38-23-15-21-26(52-23)28-25(27-22(51-28)16-24(53-27)39-30-32(43)41(4-2)36(50)55-30)48-37(21,33(44)46-17-19-11-7-5-8-12-19)34(45)47-18-20-13-9-6-10-14-20/h5-16,31,42H,3-4,17-18H2,1-2H3. The van der Waals surface area contributed by atoms with Gasteiger partial charge in [-0.2, -0.15) is 0 Å². The number of carbonyl (C=O) groups is 3. The molecule has 2 saturated heterocycles. The topological polar surface area (TPSA) is 130 Å². The lowest BCUT2D eigenvalue weighted by Crippen LogP contribution is -2.52. The number of carbonyl (C=O) groups excluding carboxylic acids is 3. The molecule has 1 amide bonds. The minimum Gasteiger partial charge on any atom is -0.457 e. The van der Waals surface area contributed by atoms with Gasteiger partial charge in [0.1, 0.15) is 36.9 Å². The average molecular weight is 865 g/mol. The molecule has 2 aromatic carbocycles. The van der Waals surface area contributed by atoms with Crippen LogP contribution in [0, 0.1) is 0 Å². The van der Waals surface area contributed by atoms with Crippen LogP contribution in [0.3, 0.4) is 0 Å². The molecule has 0 bridgehead atoms. The van der Waals surface area contributed by atoms with E-state index in [-0.39, 0.29) is 35.5 Å². The Balaban J connectivity index is 1.26. The van der Waals surface area contributed by atoms with Crippen LogP contribution in [-0.2, 0) is 42.7 Å². The van der Waals surface area contributed by atoms with Crippen LogP contribution in [-0.4, -0.2) is 70.8 Å². The zero-order valence-corrected chi connectivity index (χ0v) is 34.6. The van der Waals surface area contributed by atoms with E-state index in [2.05, 4.69) is 4.99 Å². The number of fused-ring (bicyclic) bond motifs is 5. The fraction of sp³-hybridized carbons (Fsp3) is 0.216. The molecule has 6 heterocycles. The van der Waals surface area contributed by atoms with Gasteiger partial charge in [-0.3, -0.25) is 9.69 Å². The highest BCUT2D eigenvalue weighted by Crippen LogP contribution is 2.60. The van der Waals surface area contributed by atoms with Crippen LogP contribution in [0.15, 0.2) is 82.8 Å². The monoisotopic (exact) mass is 864 g/mol. The lowest BCUT2D eigenvalue weighted by Gasteiger charge is -2.33. The average Bonchev–Trinajstić information content (AvgIpc) is 3.98. The fourth-order valence-corrected chi connectivity index (χ4v) is 12.4. The van der Waals surface area contributed by atoms with Gasteiger partial charge in [-0.05, 0) is 60.6 Å². The van der Waals surface area contributed by atoms with Crippen LogP contribution in [0.25, 0.3) is 19.2 Å². The van der Waals surface area contributed by atoms with Crippen LogP contribution < -0.4 is 4.74 Å². The van der Waals surface area contributed by atoms with Crippen molar-refractivity contribution in [3.63, 3.8) is 0 Å². The van der Waals surface area contributed by atoms with Gasteiger partial charge < -0.3 is 24.2 Å². The van der Waals surface area contributed by atoms with E-state index in [9.17, 15) is 19.5 Å². The third-order valence-corrected chi connectivity index (χ3v) is 14.9. The van der Waals surface area contributed by atoms with E-state index < -0.39 is 23.8 Å². The number of aliphatic hydroxyl groups excluding tert-OH is 1. The molecule has 280 valence electrons. The molecule has 18 heteroatoms. The van der Waals surface area contributed by atoms with Gasteiger partial charge in [0.2, 0.25) is 0 Å². The maximum Gasteiger partial charge on any atom is 0.367 e. The molecule has 2 fully saturated rings. The molecule has 5 aromatic rings. The summed E-state index contributed by atoms with van der Waals surface area (Å²) in [5.74, 6) is -1.92. The van der Waals surface area contributed by atoms with E-state index >= 15 is 0 Å². The molecule has 3 aromatic heterocycles. The summed E-state index contributed by atoms with van der Waals surface area (Å²) in [5, 5.41) is 12.6. The Morgan fingerprint density at radius 3 is 2.05 bits per heavy atom. The van der Waals surface area contributed by atoms with Crippen molar-refractivity contribution < 1.29 is 33.7 Å². The summed E-state index contributed by atoms with van der Waals surface area (Å²) in [6.45, 7) is 4.40. The number of amides is 1. The Morgan fingerprint density at radius 2 is 1.47 bits per heavy atom. The number of esters is 2. The molecular weight excluding hydrogens is 837 g/mol. The van der Waals surface area contributed by atoms with Crippen molar-refractivity contribution in [1.82, 2.24) is 9.80 Å². The number of thiophene rings is 3. The first-order chi connectivity index (χ1) is 26.6. The summed E-state index contributed by atoms with van der Waals surface area (Å²) in [5.41, 5.74) is -0.769. The molecule has 0 saturated carbocycles. The number of thiocarbonyl (C=S) groups is 2. The van der Waals surface area contributed by atoms with Crippen molar-refractivity contribution in [2.75, 3.05) is 13.1 Å². The molecule has 1 N–H and O–H groups in total. The summed E-state index contributed by atoms with van der Waals surface area (Å²) < 4.78 is 20.8. The molecule has 1 atom stereocenters. The van der Waals surface area contributed by atoms with Crippen molar-refractivity contribution in [3.05, 3.63) is 89.5 Å². The lowest BCUT2D eigenvalue weighted by molar-refractivity contribution is -0.183. The third-order valence-electron chi connectivity index (χ3n) is 8.73. The molecule has 0 aliphatic carbocycles. The van der Waals surface area contributed by atoms with E-state index in [1.54, 1.807) is 11.0 Å². The maximum absolute atomic E-state index is 14.6. The predicted octanol–water partition coefficient (Wildman–Crippen LogP) is 8.38. The normalized spacial score (nSPS) is 19.0. The number of ether oxygens (including phenoxy) is 3. The molecule has 3 aliphatic heterocycles. The Bertz CT molecular complexity index is 2380. The smallest absolute Gasteiger partial charge is 0.367 e. The van der Waals surface area contributed by atoms with Gasteiger partial charge in [-0.25, -0.2) is 19.6 Å². The first-order valence-corrected chi connectivity index (χ1v) is 21.7. The highest BCUT2D eigenvalue weighted by atomic mass is 32.2. The second-order valence-electron chi connectivity index (χ2n) is 12.1. The van der Waals surface area contributed by atoms with E-state index in [1.807, 2.05) is 80.6 Å². The second-order valence-corrected chi connectivity index (χ2v) is 18.5. The van der Waals surface area contributed by atoms with Gasteiger partial charge in [0.05, 0.1) is 19.2 Å². The molecule has 1 unspecified atom stereocenters. The number of hydrogen-bond donors (Lipinski definition) is 1. The van der Waals surface area contributed by atoms with Crippen LogP contribution in [0.1, 0.15) is 30.5 Å². The fourth-order valence-electron chi connectivity index (χ4n) is 6.01. The highest BCUT2D eigenvalue weighted by Gasteiger charge is 2.59. The van der Waals surface area contributed by atoms with Crippen molar-refractivity contribution >= 4 is 138 Å². The molecule has 11 nitrogen and oxygen atoms in total. The van der Waals surface area contributed by atoms with Crippen molar-refractivity contribution in [2.24, 2.45) is 9.98 Å². The van der Waals surface area contributed by atoms with Gasteiger partial charge >= 0.3 is 17.5 Å². The van der Waals surface area contributed by atoms with E-state index in [4.69, 9.17) is 43.6 Å². The van der Waals surface area contributed by atoms with Gasteiger partial charge in [0, 0.05) is 18.7 Å². The number of thioether (sulfide) groups is 2. The van der Waals surface area contributed by atoms with Crippen LogP contribution in [0.4, 0.5) is 10.0 Å². The number of hydrogen-bond acceptors (Lipinski definition) is 16. The number of aliphatic hydroxyl groups is 1. The Kier molecular flexibility index (Phi) is 10.7. The molecule has 3 aliphatic rings. The molecule has 8 rings (SSSR count). The number of benzene rings is 2. The van der Waals surface area contributed by atoms with E-state index in [0.717, 1.165) is 16.5 Å². The van der Waals surface area contributed by atoms with Gasteiger partial charge in [0.25, 0.3) is 5.91 Å². The molecular formula is C37H28N4O7S7. The number of rotatable bonds is 10. The van der Waals surface area contributed by atoms with E-state index in [0.29, 0.717) is 62.4 Å². The zero-order valence-electron chi connectivity index (χ0n) is 28.9. The molecule has 55 heavy (non-hydrogen) atoms. The van der Waals surface area contributed by atoms with Crippen LogP contribution in [0.2, 0.25) is 0 Å². The maximum atomic E-state index is 14.6. The van der Waals surface area contributed by atoms with Gasteiger partial charge in [0.15, 0.2) is 17.0 Å². The van der Waals surface area contributed by atoms with Crippen molar-refractivity contribution in [3.8, 4) is 15.5 Å². The summed E-state index contributed by atoms with van der Waals surface area (Å²) >= 11 is 17.1. The molecule has 0 radical (unpaired) electrons. The minimum atomic E-state index is -2.40. The number of nitrogens with zero attached hydrogens (tertiary/aromatic N) is 4. The Hall–Kier alpha value is -4.01. The second kappa shape index (κ2) is 15.5. The third kappa shape index (κ3) is 6.92. The van der Waals surface area contributed by atoms with Crippen LogP contribution >= 0.6 is 82.0 Å². The first kappa shape index (κ1) is 37.9. The highest BCUT2D eigenvalue weighted by molar-refractivity contribution is 8.35. The van der Waals surface area contributed by atoms with Crippen LogP contribution in [0.5, 0.6) is 5.75 Å². The molecule has 0 spiro atoms. The zero-order chi connectivity index (χ0) is 38.4. The summed E-state index contributed by atoms with van der Waals surface area (Å²) in [6, 6.07) is 21.7. The Morgan fingerprint density at radius 1 is 0.836 bits per heavy atom. The predicted molar refractivity (Wildman–Crippen MR) is 228 cm³/mol. The van der Waals surface area contributed by atoms with Crippen molar-refractivity contribution in [1.29, 1.82) is 0 Å². The SMILES string of the molecule is CCN1C(=O)C(=Nc2cc3sc4c(c3s2)OC(C(=O)OCc2ccccc2)(C(=O)OCc2ccccc2)c2cc(N=C3SC(=S)N(CC)C3O)sc2-4)SC1=S. The lowest BCUT2D eigenvalue weighted by atomic mass is 9.91. The first-order valence-electron chi connectivity index (χ1n) is 16.8. The number of aliphatic imine (C=N–C) groups is 2. The summed E-state index contributed by atoms with van der Waals surface area (Å²) in [6.07, 6.45) is -1.04. The van der Waals surface area contributed by atoms with Gasteiger partial charge in [-0.15, -0.1) is 34.0 Å². The summed E-state index contributed by atoms with van der Waals surface area (Å²) in [7, 11) is 0. The van der Waals surface area contributed by atoms with E-state index in [1.165, 1.54) is 50.7 Å². The Labute approximate surface area is 346 Å².